The number of carboxylic acids is 1. The topological polar surface area (TPSA) is 69.6 Å². The fraction of sp³-hybridized carbons (Fsp3) is 0.833. The van der Waals surface area contributed by atoms with E-state index in [0.29, 0.717) is 0 Å². The lowest BCUT2D eigenvalue weighted by Gasteiger charge is -2.23. The van der Waals surface area contributed by atoms with Gasteiger partial charge in [0.2, 0.25) is 0 Å². The molecule has 2 saturated carbocycles. The number of carbonyl (C=O) groups is 2. The number of aliphatic carboxylic acids is 1. The molecule has 0 spiro atoms. The third-order valence-corrected chi connectivity index (χ3v) is 3.31. The molecule has 17 heavy (non-hydrogen) atoms. The summed E-state index contributed by atoms with van der Waals surface area (Å²) in [5.74, 6) is -0.180. The van der Waals surface area contributed by atoms with Crippen molar-refractivity contribution in [2.45, 2.75) is 51.1 Å². The molecule has 0 aromatic heterocycles. The van der Waals surface area contributed by atoms with Crippen molar-refractivity contribution in [2.75, 3.05) is 6.54 Å². The SMILES string of the molecule is CC(CC1CC1)NC(=O)N(CC(=O)O)C1CC1. The molecule has 0 aromatic carbocycles. The van der Waals surface area contributed by atoms with Gasteiger partial charge in [-0.15, -0.1) is 0 Å². The minimum Gasteiger partial charge on any atom is -0.480 e. The van der Waals surface area contributed by atoms with Crippen LogP contribution in [0.1, 0.15) is 39.0 Å². The third kappa shape index (κ3) is 3.91. The number of hydrogen-bond donors (Lipinski definition) is 2. The Morgan fingerprint density at radius 1 is 1.35 bits per heavy atom. The molecule has 0 aliphatic heterocycles. The Morgan fingerprint density at radius 3 is 2.47 bits per heavy atom. The lowest BCUT2D eigenvalue weighted by molar-refractivity contribution is -0.137. The maximum absolute atomic E-state index is 11.9. The lowest BCUT2D eigenvalue weighted by Crippen LogP contribution is -2.47. The summed E-state index contributed by atoms with van der Waals surface area (Å²) in [4.78, 5) is 24.1. The van der Waals surface area contributed by atoms with Crippen molar-refractivity contribution in [3.63, 3.8) is 0 Å². The summed E-state index contributed by atoms with van der Waals surface area (Å²) in [6.07, 6.45) is 5.40. The van der Waals surface area contributed by atoms with Crippen LogP contribution in [0.4, 0.5) is 4.79 Å². The van der Waals surface area contributed by atoms with Crippen molar-refractivity contribution in [1.82, 2.24) is 10.2 Å². The average molecular weight is 240 g/mol. The van der Waals surface area contributed by atoms with Crippen molar-refractivity contribution in [3.05, 3.63) is 0 Å². The summed E-state index contributed by atoms with van der Waals surface area (Å²) >= 11 is 0. The van der Waals surface area contributed by atoms with Crippen LogP contribution in [0.15, 0.2) is 0 Å². The van der Waals surface area contributed by atoms with Crippen molar-refractivity contribution in [1.29, 1.82) is 0 Å². The summed E-state index contributed by atoms with van der Waals surface area (Å²) in [6.45, 7) is 1.80. The summed E-state index contributed by atoms with van der Waals surface area (Å²) in [6, 6.07) is 0.0623. The second kappa shape index (κ2) is 4.94. The van der Waals surface area contributed by atoms with Gasteiger partial charge in [0.15, 0.2) is 0 Å². The Balaban J connectivity index is 1.79. The fourth-order valence-electron chi connectivity index (χ4n) is 2.10. The van der Waals surface area contributed by atoms with Crippen LogP contribution in [0.25, 0.3) is 0 Å². The minimum absolute atomic E-state index is 0.138. The smallest absolute Gasteiger partial charge is 0.323 e. The van der Waals surface area contributed by atoms with Gasteiger partial charge in [0, 0.05) is 12.1 Å². The van der Waals surface area contributed by atoms with Crippen LogP contribution in [-0.2, 0) is 4.79 Å². The van der Waals surface area contributed by atoms with Gasteiger partial charge in [0.25, 0.3) is 0 Å². The highest BCUT2D eigenvalue weighted by Crippen LogP contribution is 2.33. The molecule has 0 aromatic rings. The van der Waals surface area contributed by atoms with E-state index in [1.54, 1.807) is 0 Å². The van der Waals surface area contributed by atoms with E-state index in [1.165, 1.54) is 17.7 Å². The molecule has 1 atom stereocenters. The fourth-order valence-corrected chi connectivity index (χ4v) is 2.10. The van der Waals surface area contributed by atoms with Gasteiger partial charge < -0.3 is 15.3 Å². The van der Waals surface area contributed by atoms with Gasteiger partial charge >= 0.3 is 12.0 Å². The monoisotopic (exact) mass is 240 g/mol. The molecule has 96 valence electrons. The lowest BCUT2D eigenvalue weighted by atomic mass is 10.2. The van der Waals surface area contributed by atoms with Crippen molar-refractivity contribution in [3.8, 4) is 0 Å². The predicted molar refractivity (Wildman–Crippen MR) is 62.7 cm³/mol. The highest BCUT2D eigenvalue weighted by molar-refractivity contribution is 5.80. The van der Waals surface area contributed by atoms with Gasteiger partial charge in [0.05, 0.1) is 0 Å². The van der Waals surface area contributed by atoms with Gasteiger partial charge in [-0.1, -0.05) is 12.8 Å². The van der Waals surface area contributed by atoms with Crippen LogP contribution in [-0.4, -0.2) is 40.6 Å². The van der Waals surface area contributed by atoms with E-state index in [2.05, 4.69) is 5.32 Å². The number of amides is 2. The van der Waals surface area contributed by atoms with Crippen LogP contribution in [0.2, 0.25) is 0 Å². The van der Waals surface area contributed by atoms with E-state index >= 15 is 0 Å². The van der Waals surface area contributed by atoms with Crippen LogP contribution < -0.4 is 5.32 Å². The number of rotatable bonds is 6. The number of carbonyl (C=O) groups excluding carboxylic acids is 1. The second-order valence-corrected chi connectivity index (χ2v) is 5.28. The number of hydrogen-bond acceptors (Lipinski definition) is 2. The molecule has 0 heterocycles. The molecule has 2 aliphatic rings. The van der Waals surface area contributed by atoms with Gasteiger partial charge in [-0.2, -0.15) is 0 Å². The normalized spacial score (nSPS) is 20.8. The summed E-state index contributed by atoms with van der Waals surface area (Å²) in [5, 5.41) is 11.7. The van der Waals surface area contributed by atoms with E-state index in [1.807, 2.05) is 6.92 Å². The Morgan fingerprint density at radius 2 is 2.00 bits per heavy atom. The average Bonchev–Trinajstić information content (AvgIpc) is 3.06. The zero-order valence-electron chi connectivity index (χ0n) is 10.2. The standard InChI is InChI=1S/C12H20N2O3/c1-8(6-9-2-3-9)13-12(17)14(7-11(15)16)10-4-5-10/h8-10H,2-7H2,1H3,(H,13,17)(H,15,16). The first-order chi connectivity index (χ1) is 8.06. The van der Waals surface area contributed by atoms with Crippen LogP contribution in [0.3, 0.4) is 0 Å². The summed E-state index contributed by atoms with van der Waals surface area (Å²) in [7, 11) is 0. The van der Waals surface area contributed by atoms with Gasteiger partial charge in [-0.3, -0.25) is 4.79 Å². The zero-order chi connectivity index (χ0) is 12.4. The number of carboxylic acid groups (broad SMARTS) is 1. The van der Waals surface area contributed by atoms with Crippen molar-refractivity contribution < 1.29 is 14.7 Å². The maximum Gasteiger partial charge on any atom is 0.323 e. The number of nitrogens with one attached hydrogen (secondary N) is 1. The molecular formula is C12H20N2O3. The molecule has 1 unspecified atom stereocenters. The van der Waals surface area contributed by atoms with Crippen LogP contribution >= 0.6 is 0 Å². The summed E-state index contributed by atoms with van der Waals surface area (Å²) in [5.41, 5.74) is 0. The first-order valence-electron chi connectivity index (χ1n) is 6.35. The zero-order valence-corrected chi connectivity index (χ0v) is 10.2. The largest absolute Gasteiger partial charge is 0.480 e. The van der Waals surface area contributed by atoms with E-state index in [4.69, 9.17) is 5.11 Å². The van der Waals surface area contributed by atoms with E-state index in [0.717, 1.165) is 25.2 Å². The van der Waals surface area contributed by atoms with Gasteiger partial charge in [-0.05, 0) is 32.1 Å². The Kier molecular flexibility index (Phi) is 3.54. The molecular weight excluding hydrogens is 220 g/mol. The molecule has 2 rings (SSSR count). The molecule has 0 radical (unpaired) electrons. The molecule has 0 bridgehead atoms. The van der Waals surface area contributed by atoms with Crippen molar-refractivity contribution in [2.24, 2.45) is 5.92 Å². The van der Waals surface area contributed by atoms with E-state index < -0.39 is 5.97 Å². The number of urea groups is 1. The molecule has 2 aliphatic carbocycles. The first kappa shape index (κ1) is 12.2. The quantitative estimate of drug-likeness (QED) is 0.738. The maximum atomic E-state index is 11.9. The molecule has 5 nitrogen and oxygen atoms in total. The predicted octanol–water partition coefficient (Wildman–Crippen LogP) is 1.43. The third-order valence-electron chi connectivity index (χ3n) is 3.31. The Bertz CT molecular complexity index is 311. The van der Waals surface area contributed by atoms with E-state index in [9.17, 15) is 9.59 Å². The molecule has 2 amide bonds. The Hall–Kier alpha value is -1.26. The number of nitrogens with zero attached hydrogens (tertiary/aromatic N) is 1. The van der Waals surface area contributed by atoms with Crippen LogP contribution in [0, 0.1) is 5.92 Å². The minimum atomic E-state index is -0.943. The summed E-state index contributed by atoms with van der Waals surface area (Å²) < 4.78 is 0. The Labute approximate surface area is 101 Å². The second-order valence-electron chi connectivity index (χ2n) is 5.28. The molecule has 0 saturated heterocycles. The van der Waals surface area contributed by atoms with Crippen LogP contribution in [0.5, 0.6) is 0 Å². The van der Waals surface area contributed by atoms with E-state index in [-0.39, 0.29) is 24.7 Å². The molecule has 2 N–H and O–H groups in total. The highest BCUT2D eigenvalue weighted by atomic mass is 16.4. The first-order valence-corrected chi connectivity index (χ1v) is 6.35. The molecule has 5 heteroatoms. The molecule has 2 fully saturated rings. The highest BCUT2D eigenvalue weighted by Gasteiger charge is 2.34. The van der Waals surface area contributed by atoms with Gasteiger partial charge in [0.1, 0.15) is 6.54 Å². The van der Waals surface area contributed by atoms with Gasteiger partial charge in [-0.25, -0.2) is 4.79 Å². The van der Waals surface area contributed by atoms with Crippen molar-refractivity contribution >= 4 is 12.0 Å².